The Hall–Kier alpha value is 0.380. The average Bonchev–Trinajstić information content (AvgIpc) is 2.51. The second kappa shape index (κ2) is 11.2. The maximum atomic E-state index is 9.86. The summed E-state index contributed by atoms with van der Waals surface area (Å²) in [7, 11) is 0. The second-order valence-electron chi connectivity index (χ2n) is 7.20. The zero-order chi connectivity index (χ0) is 18.3. The molecule has 4 atom stereocenters. The van der Waals surface area contributed by atoms with Gasteiger partial charge in [-0.2, -0.15) is 0 Å². The summed E-state index contributed by atoms with van der Waals surface area (Å²) in [6.07, 6.45) is 5.66. The first-order chi connectivity index (χ1) is 11.2. The lowest BCUT2D eigenvalue weighted by molar-refractivity contribution is -0.150. The number of aliphatic hydroxyl groups is 1. The van der Waals surface area contributed by atoms with Gasteiger partial charge in [-0.25, -0.2) is 0 Å². The van der Waals surface area contributed by atoms with Crippen LogP contribution in [-0.2, 0) is 4.74 Å². The third kappa shape index (κ3) is 7.73. The maximum Gasteiger partial charge on any atom is 0.213 e. The van der Waals surface area contributed by atoms with Gasteiger partial charge in [-0.3, -0.25) is 10.3 Å². The van der Waals surface area contributed by atoms with Crippen LogP contribution >= 0.6 is 27.7 Å². The van der Waals surface area contributed by atoms with Crippen molar-refractivity contribution in [3.05, 3.63) is 0 Å². The first kappa shape index (κ1) is 22.4. The van der Waals surface area contributed by atoms with Crippen molar-refractivity contribution in [1.82, 2.24) is 5.32 Å². The van der Waals surface area contributed by atoms with Crippen LogP contribution in [0.5, 0.6) is 0 Å². The van der Waals surface area contributed by atoms with Gasteiger partial charge in [0.15, 0.2) is 0 Å². The molecule has 142 valence electrons. The Labute approximate surface area is 160 Å². The first-order valence-corrected chi connectivity index (χ1v) is 11.2. The van der Waals surface area contributed by atoms with Crippen molar-refractivity contribution in [3.8, 4) is 0 Å². The quantitative estimate of drug-likeness (QED) is 0.263. The minimum absolute atomic E-state index is 0.0272. The molecular formula is C18H35BrN2O2S. The lowest BCUT2D eigenvalue weighted by atomic mass is 9.86. The summed E-state index contributed by atoms with van der Waals surface area (Å²) in [6, 6.07) is 0.663. The maximum absolute atomic E-state index is 9.86. The molecule has 3 unspecified atom stereocenters. The number of nitrogens with one attached hydrogen (secondary N) is 1. The molecule has 6 heteroatoms. The average molecular weight is 423 g/mol. The van der Waals surface area contributed by atoms with Crippen molar-refractivity contribution < 1.29 is 9.84 Å². The van der Waals surface area contributed by atoms with E-state index < -0.39 is 6.41 Å². The van der Waals surface area contributed by atoms with Crippen LogP contribution < -0.4 is 5.32 Å². The fourth-order valence-electron chi connectivity index (χ4n) is 3.03. The highest BCUT2D eigenvalue weighted by Gasteiger charge is 2.27. The summed E-state index contributed by atoms with van der Waals surface area (Å²) in [4.78, 5) is 5.49. The van der Waals surface area contributed by atoms with Gasteiger partial charge in [-0.15, -0.1) is 11.8 Å². The lowest BCUT2D eigenvalue weighted by Gasteiger charge is -2.32. The molecule has 0 aliphatic heterocycles. The number of halogens is 1. The summed E-state index contributed by atoms with van der Waals surface area (Å²) < 4.78 is 5.36. The van der Waals surface area contributed by atoms with Crippen molar-refractivity contribution in [2.75, 3.05) is 6.26 Å². The molecule has 0 amide bonds. The van der Waals surface area contributed by atoms with Gasteiger partial charge in [-0.1, -0.05) is 29.8 Å². The number of ether oxygens (including phenoxy) is 1. The van der Waals surface area contributed by atoms with E-state index in [1.54, 1.807) is 11.8 Å². The zero-order valence-electron chi connectivity index (χ0n) is 16.0. The van der Waals surface area contributed by atoms with Crippen LogP contribution in [0, 0.1) is 11.8 Å². The summed E-state index contributed by atoms with van der Waals surface area (Å²) in [6.45, 7) is 10.5. The molecule has 1 rings (SSSR count). The monoisotopic (exact) mass is 422 g/mol. The van der Waals surface area contributed by atoms with Crippen molar-refractivity contribution in [2.24, 2.45) is 16.8 Å². The number of aliphatic imine (C=N–C) groups is 1. The number of hydrogen-bond acceptors (Lipinski definition) is 5. The molecule has 0 heterocycles. The van der Waals surface area contributed by atoms with Gasteiger partial charge in [-0.05, 0) is 58.6 Å². The van der Waals surface area contributed by atoms with E-state index >= 15 is 0 Å². The third-order valence-electron chi connectivity index (χ3n) is 4.88. The molecule has 24 heavy (non-hydrogen) atoms. The normalized spacial score (nSPS) is 27.8. The van der Waals surface area contributed by atoms with Gasteiger partial charge in [0.25, 0.3) is 0 Å². The molecule has 4 nitrogen and oxygen atoms in total. The van der Waals surface area contributed by atoms with Crippen LogP contribution in [0.2, 0.25) is 0 Å². The minimum atomic E-state index is -0.860. The number of rotatable bonds is 8. The highest BCUT2D eigenvalue weighted by atomic mass is 79.9. The van der Waals surface area contributed by atoms with E-state index in [-0.39, 0.29) is 6.10 Å². The zero-order valence-corrected chi connectivity index (χ0v) is 18.4. The Balaban J connectivity index is 2.52. The van der Waals surface area contributed by atoms with Crippen LogP contribution in [0.25, 0.3) is 0 Å². The Morgan fingerprint density at radius 1 is 1.17 bits per heavy atom. The van der Waals surface area contributed by atoms with E-state index in [4.69, 9.17) is 9.73 Å². The van der Waals surface area contributed by atoms with E-state index in [1.807, 2.05) is 13.8 Å². The lowest BCUT2D eigenvalue weighted by Crippen LogP contribution is -2.43. The Kier molecular flexibility index (Phi) is 10.4. The van der Waals surface area contributed by atoms with Gasteiger partial charge >= 0.3 is 0 Å². The van der Waals surface area contributed by atoms with E-state index in [9.17, 15) is 5.11 Å². The highest BCUT2D eigenvalue weighted by Crippen LogP contribution is 2.30. The number of hydrogen-bond donors (Lipinski definition) is 2. The van der Waals surface area contributed by atoms with Gasteiger partial charge in [0, 0.05) is 16.8 Å². The molecule has 0 aromatic heterocycles. The molecule has 1 saturated carbocycles. The van der Waals surface area contributed by atoms with Gasteiger partial charge in [0.1, 0.15) is 0 Å². The molecule has 1 aliphatic rings. The van der Waals surface area contributed by atoms with Gasteiger partial charge < -0.3 is 9.84 Å². The number of nitrogens with zero attached hydrogens (tertiary/aromatic N) is 1. The van der Waals surface area contributed by atoms with Crippen molar-refractivity contribution >= 4 is 32.7 Å². The summed E-state index contributed by atoms with van der Waals surface area (Å²) in [5.41, 5.74) is 0. The van der Waals surface area contributed by atoms with E-state index in [0.29, 0.717) is 28.7 Å². The number of thioether (sulfide) groups is 1. The van der Waals surface area contributed by atoms with Crippen LogP contribution in [0.15, 0.2) is 4.99 Å². The van der Waals surface area contributed by atoms with Crippen LogP contribution in [0.4, 0.5) is 0 Å². The largest absolute Gasteiger partial charge is 0.356 e. The van der Waals surface area contributed by atoms with Crippen molar-refractivity contribution in [1.29, 1.82) is 0 Å². The Morgan fingerprint density at radius 3 is 2.21 bits per heavy atom. The minimum Gasteiger partial charge on any atom is -0.356 e. The van der Waals surface area contributed by atoms with E-state index in [2.05, 4.69) is 48.3 Å². The number of alkyl halides is 1. The van der Waals surface area contributed by atoms with Crippen LogP contribution in [0.3, 0.4) is 0 Å². The Bertz CT molecular complexity index is 385. The van der Waals surface area contributed by atoms with Crippen LogP contribution in [-0.4, -0.2) is 45.8 Å². The predicted molar refractivity (Wildman–Crippen MR) is 109 cm³/mol. The summed E-state index contributed by atoms with van der Waals surface area (Å²) in [5.74, 6) is 1.08. The van der Waals surface area contributed by atoms with Crippen molar-refractivity contribution in [2.45, 2.75) is 89.7 Å². The SMILES string of the molecule is CS/C(=N\C(C)[C@H](C)C(C)Br)C1CCC(NC(O)OC(C)C)CC1. The molecule has 2 N–H and O–H groups in total. The Morgan fingerprint density at radius 2 is 1.75 bits per heavy atom. The van der Waals surface area contributed by atoms with Gasteiger partial charge in [0.2, 0.25) is 6.41 Å². The van der Waals surface area contributed by atoms with E-state index in [0.717, 1.165) is 25.7 Å². The highest BCUT2D eigenvalue weighted by molar-refractivity contribution is 9.09. The molecule has 1 fully saturated rings. The van der Waals surface area contributed by atoms with Crippen molar-refractivity contribution in [3.63, 3.8) is 0 Å². The topological polar surface area (TPSA) is 53.9 Å². The molecule has 0 aromatic rings. The smallest absolute Gasteiger partial charge is 0.213 e. The third-order valence-corrected chi connectivity index (χ3v) is 6.57. The first-order valence-electron chi connectivity index (χ1n) is 9.09. The standard InChI is InChI=1S/C18H35BrN2O2S/c1-11(2)23-18(22)21-16-9-7-15(8-10-16)17(24-6)20-14(5)12(3)13(4)19/h11-16,18,21-22H,7-10H2,1-6H3/b20-17-/t12-,13?,14?,15?,16?,18?/m1/s1. The fourth-order valence-corrected chi connectivity index (χ4v) is 4.32. The molecule has 0 saturated heterocycles. The molecule has 0 bridgehead atoms. The molecule has 1 aliphatic carbocycles. The number of aliphatic hydroxyl groups excluding tert-OH is 1. The van der Waals surface area contributed by atoms with Crippen LogP contribution in [0.1, 0.15) is 60.3 Å². The summed E-state index contributed by atoms with van der Waals surface area (Å²) >= 11 is 5.47. The van der Waals surface area contributed by atoms with E-state index in [1.165, 1.54) is 5.04 Å². The molecule has 0 spiro atoms. The molecular weight excluding hydrogens is 388 g/mol. The predicted octanol–water partition coefficient (Wildman–Crippen LogP) is 4.41. The second-order valence-corrected chi connectivity index (χ2v) is 9.47. The molecule has 0 radical (unpaired) electrons. The summed E-state index contributed by atoms with van der Waals surface area (Å²) in [5, 5.41) is 14.3. The van der Waals surface area contributed by atoms with Gasteiger partial charge in [0.05, 0.1) is 17.2 Å². The fraction of sp³-hybridized carbons (Fsp3) is 0.944. The molecule has 0 aromatic carbocycles.